The highest BCUT2D eigenvalue weighted by molar-refractivity contribution is 5.92. The third-order valence-electron chi connectivity index (χ3n) is 6.96. The normalized spacial score (nSPS) is 25.6. The lowest BCUT2D eigenvalue weighted by molar-refractivity contribution is -0.134. The lowest BCUT2D eigenvalue weighted by Gasteiger charge is -2.37. The molecule has 2 heterocycles. The number of benzene rings is 1. The Morgan fingerprint density at radius 2 is 1.97 bits per heavy atom. The third-order valence-corrected chi connectivity index (χ3v) is 6.96. The van der Waals surface area contributed by atoms with Crippen molar-refractivity contribution in [2.45, 2.75) is 57.9 Å². The van der Waals surface area contributed by atoms with E-state index < -0.39 is 0 Å². The summed E-state index contributed by atoms with van der Waals surface area (Å²) in [6.07, 6.45) is 7.16. The van der Waals surface area contributed by atoms with E-state index in [0.29, 0.717) is 5.92 Å². The number of carbonyl (C=O) groups is 2. The number of nitrogens with one attached hydrogen (secondary N) is 3. The Labute approximate surface area is 198 Å². The molecule has 3 N–H and O–H groups in total. The van der Waals surface area contributed by atoms with Crippen molar-refractivity contribution in [1.82, 2.24) is 10.6 Å². The summed E-state index contributed by atoms with van der Waals surface area (Å²) in [5.74, 6) is 0.507. The quantitative estimate of drug-likeness (QED) is 0.591. The fraction of sp³-hybridized carbons (Fsp3) is 0.652. The second-order valence-corrected chi connectivity index (χ2v) is 9.10. The van der Waals surface area contributed by atoms with Crippen LogP contribution in [0.5, 0.6) is 0 Å². The number of halogens is 2. The van der Waals surface area contributed by atoms with E-state index in [1.54, 1.807) is 0 Å². The van der Waals surface area contributed by atoms with E-state index in [1.165, 1.54) is 19.3 Å². The molecule has 1 aliphatic carbocycles. The van der Waals surface area contributed by atoms with Crippen molar-refractivity contribution in [2.24, 2.45) is 11.3 Å². The molecule has 1 aromatic rings. The highest BCUT2D eigenvalue weighted by atomic mass is 35.5. The monoisotopic (exact) mass is 470 g/mol. The van der Waals surface area contributed by atoms with Gasteiger partial charge in [-0.2, -0.15) is 0 Å². The molecule has 1 unspecified atom stereocenters. The third kappa shape index (κ3) is 5.85. The van der Waals surface area contributed by atoms with Crippen LogP contribution in [0.4, 0.5) is 11.4 Å². The van der Waals surface area contributed by atoms with Gasteiger partial charge < -0.3 is 20.9 Å². The van der Waals surface area contributed by atoms with Gasteiger partial charge in [0.15, 0.2) is 0 Å². The summed E-state index contributed by atoms with van der Waals surface area (Å²) in [5.41, 5.74) is 1.72. The molecule has 0 aromatic heterocycles. The summed E-state index contributed by atoms with van der Waals surface area (Å²) in [7, 11) is 0. The van der Waals surface area contributed by atoms with Gasteiger partial charge in [0.05, 0.1) is 5.41 Å². The van der Waals surface area contributed by atoms with Gasteiger partial charge in [-0.15, -0.1) is 24.8 Å². The number of hydrogen-bond acceptors (Lipinski definition) is 4. The number of amides is 2. The number of nitrogens with zero attached hydrogens (tertiary/aromatic N) is 1. The van der Waals surface area contributed by atoms with Gasteiger partial charge >= 0.3 is 0 Å². The van der Waals surface area contributed by atoms with Gasteiger partial charge in [-0.1, -0.05) is 18.9 Å². The van der Waals surface area contributed by atoms with Crippen molar-refractivity contribution in [2.75, 3.05) is 36.4 Å². The van der Waals surface area contributed by atoms with E-state index in [9.17, 15) is 9.59 Å². The smallest absolute Gasteiger partial charge is 0.228 e. The maximum absolute atomic E-state index is 13.1. The van der Waals surface area contributed by atoms with Crippen LogP contribution in [0.2, 0.25) is 0 Å². The van der Waals surface area contributed by atoms with Crippen molar-refractivity contribution < 1.29 is 9.59 Å². The topological polar surface area (TPSA) is 73.5 Å². The average Bonchev–Trinajstić information content (AvgIpc) is 3.38. The predicted molar refractivity (Wildman–Crippen MR) is 130 cm³/mol. The van der Waals surface area contributed by atoms with Crippen LogP contribution in [0.15, 0.2) is 24.3 Å². The molecule has 1 saturated carbocycles. The van der Waals surface area contributed by atoms with Crippen LogP contribution in [0.1, 0.15) is 51.9 Å². The molecule has 3 fully saturated rings. The van der Waals surface area contributed by atoms with Crippen LogP contribution in [-0.4, -0.2) is 44.0 Å². The van der Waals surface area contributed by atoms with Gasteiger partial charge in [0.25, 0.3) is 0 Å². The predicted octanol–water partition coefficient (Wildman–Crippen LogP) is 3.74. The molecule has 3 atom stereocenters. The van der Waals surface area contributed by atoms with Crippen LogP contribution < -0.4 is 20.9 Å². The molecule has 31 heavy (non-hydrogen) atoms. The Morgan fingerprint density at radius 1 is 1.19 bits per heavy atom. The van der Waals surface area contributed by atoms with Gasteiger partial charge in [-0.25, -0.2) is 0 Å². The van der Waals surface area contributed by atoms with Gasteiger partial charge in [0.2, 0.25) is 11.8 Å². The van der Waals surface area contributed by atoms with Gasteiger partial charge in [0.1, 0.15) is 0 Å². The number of rotatable bonds is 6. The zero-order valence-electron chi connectivity index (χ0n) is 18.3. The van der Waals surface area contributed by atoms with Crippen molar-refractivity contribution in [3.63, 3.8) is 0 Å². The number of hydrogen-bond donors (Lipinski definition) is 3. The minimum Gasteiger partial charge on any atom is -0.371 e. The zero-order chi connectivity index (χ0) is 20.3. The average molecular weight is 471 g/mol. The molecule has 2 saturated heterocycles. The molecule has 0 bridgehead atoms. The molecule has 8 heteroatoms. The maximum Gasteiger partial charge on any atom is 0.228 e. The Balaban J connectivity index is 0.00000171. The molecule has 0 radical (unpaired) electrons. The summed E-state index contributed by atoms with van der Waals surface area (Å²) in [5, 5.41) is 9.56. The first-order valence-electron chi connectivity index (χ1n) is 11.2. The van der Waals surface area contributed by atoms with E-state index in [4.69, 9.17) is 0 Å². The van der Waals surface area contributed by atoms with E-state index in [0.717, 1.165) is 56.8 Å². The molecule has 174 valence electrons. The molecular formula is C23H36Cl2N4O2. The molecule has 3 aliphatic rings. The summed E-state index contributed by atoms with van der Waals surface area (Å²) in [4.78, 5) is 28.0. The summed E-state index contributed by atoms with van der Waals surface area (Å²) in [6.45, 7) is 5.80. The summed E-state index contributed by atoms with van der Waals surface area (Å²) in [6, 6.07) is 7.88. The second-order valence-electron chi connectivity index (χ2n) is 9.10. The standard InChI is InChI=1S/C23H34N4O2.2ClH/c1-17(25-22(29)23-10-3-2-7-18(23)15-24-16-23)13-21(28)26-19-8-6-9-20(14-19)27-11-4-5-12-27;;/h6,8-9,14,17-18,24H,2-5,7,10-13,15-16H2,1H3,(H,25,29)(H,26,28);2*1H/t17?,18-,23+;;/m0../s1. The first-order chi connectivity index (χ1) is 14.1. The maximum atomic E-state index is 13.1. The van der Waals surface area contributed by atoms with Crippen LogP contribution in [0.3, 0.4) is 0 Å². The van der Waals surface area contributed by atoms with Crippen LogP contribution >= 0.6 is 24.8 Å². The largest absolute Gasteiger partial charge is 0.371 e. The Bertz CT molecular complexity index is 757. The van der Waals surface area contributed by atoms with Gasteiger partial charge in [0, 0.05) is 43.5 Å². The van der Waals surface area contributed by atoms with Crippen molar-refractivity contribution in [3.8, 4) is 0 Å². The lowest BCUT2D eigenvalue weighted by atomic mass is 9.67. The summed E-state index contributed by atoms with van der Waals surface area (Å²) < 4.78 is 0. The Kier molecular flexibility index (Phi) is 9.46. The molecule has 0 spiro atoms. The van der Waals surface area contributed by atoms with Gasteiger partial charge in [-0.3, -0.25) is 9.59 Å². The Hall–Kier alpha value is -1.50. The van der Waals surface area contributed by atoms with Crippen LogP contribution in [0.25, 0.3) is 0 Å². The number of fused-ring (bicyclic) bond motifs is 1. The lowest BCUT2D eigenvalue weighted by Crippen LogP contribution is -2.50. The van der Waals surface area contributed by atoms with Gasteiger partial charge in [-0.05, 0) is 63.3 Å². The number of carbonyl (C=O) groups excluding carboxylic acids is 2. The van der Waals surface area contributed by atoms with Crippen LogP contribution in [0, 0.1) is 11.3 Å². The van der Waals surface area contributed by atoms with Crippen LogP contribution in [-0.2, 0) is 9.59 Å². The SMILES string of the molecule is CC(CC(=O)Nc1cccc(N2CCCC2)c1)NC(=O)[C@@]12CCCC[C@H]1CNC2.Cl.Cl. The van der Waals surface area contributed by atoms with E-state index in [2.05, 4.69) is 26.9 Å². The molecule has 4 rings (SSSR count). The Morgan fingerprint density at radius 3 is 2.74 bits per heavy atom. The van der Waals surface area contributed by atoms with E-state index in [1.807, 2.05) is 25.1 Å². The molecular weight excluding hydrogens is 435 g/mol. The van der Waals surface area contributed by atoms with Crippen molar-refractivity contribution in [3.05, 3.63) is 24.3 Å². The van der Waals surface area contributed by atoms with Crippen molar-refractivity contribution >= 4 is 48.0 Å². The summed E-state index contributed by atoms with van der Waals surface area (Å²) >= 11 is 0. The fourth-order valence-corrected chi connectivity index (χ4v) is 5.35. The highest BCUT2D eigenvalue weighted by Gasteiger charge is 2.49. The minimum atomic E-state index is -0.271. The second kappa shape index (κ2) is 11.4. The number of anilines is 2. The minimum absolute atomic E-state index is 0. The molecule has 6 nitrogen and oxygen atoms in total. The molecule has 2 amide bonds. The first-order valence-corrected chi connectivity index (χ1v) is 11.2. The fourth-order valence-electron chi connectivity index (χ4n) is 5.35. The zero-order valence-corrected chi connectivity index (χ0v) is 20.0. The molecule has 1 aromatic carbocycles. The van der Waals surface area contributed by atoms with Crippen molar-refractivity contribution in [1.29, 1.82) is 0 Å². The van der Waals surface area contributed by atoms with E-state index >= 15 is 0 Å². The highest BCUT2D eigenvalue weighted by Crippen LogP contribution is 2.44. The van der Waals surface area contributed by atoms with E-state index in [-0.39, 0.29) is 54.5 Å². The molecule has 2 aliphatic heterocycles. The first kappa shape index (κ1) is 25.8.